The maximum Gasteiger partial charge on any atom is 0.342 e. The van der Waals surface area contributed by atoms with Gasteiger partial charge >= 0.3 is 5.97 Å². The van der Waals surface area contributed by atoms with Crippen LogP contribution in [0.2, 0.25) is 0 Å². The fourth-order valence-corrected chi connectivity index (χ4v) is 1.52. The van der Waals surface area contributed by atoms with Gasteiger partial charge in [-0.15, -0.1) is 0 Å². The van der Waals surface area contributed by atoms with E-state index in [1.807, 2.05) is 25.7 Å². The maximum absolute atomic E-state index is 13.6. The summed E-state index contributed by atoms with van der Waals surface area (Å²) in [6.45, 7) is 6.40. The van der Waals surface area contributed by atoms with E-state index in [4.69, 9.17) is 5.11 Å². The molecule has 0 amide bonds. The van der Waals surface area contributed by atoms with Gasteiger partial charge in [-0.25, -0.2) is 9.18 Å². The van der Waals surface area contributed by atoms with Gasteiger partial charge in [-0.2, -0.15) is 0 Å². The fourth-order valence-electron chi connectivity index (χ4n) is 1.52. The number of rotatable bonds is 1. The van der Waals surface area contributed by atoms with Gasteiger partial charge in [-0.05, 0) is 20.8 Å². The Bertz CT molecular complexity index is 224. The highest BCUT2D eigenvalue weighted by Gasteiger charge is 2.47. The molecule has 0 aromatic rings. The molecule has 0 aromatic heterocycles. The fraction of sp³-hybridized carbons (Fsp3) is 0.889. The molecule has 0 aromatic carbocycles. The van der Waals surface area contributed by atoms with E-state index in [1.54, 1.807) is 0 Å². The number of nitrogens with zero attached hydrogens (tertiary/aromatic N) is 1. The molecule has 1 N–H and O–H groups in total. The van der Waals surface area contributed by atoms with Crippen LogP contribution in [0.4, 0.5) is 4.39 Å². The molecule has 1 fully saturated rings. The van der Waals surface area contributed by atoms with E-state index in [0.717, 1.165) is 0 Å². The van der Waals surface area contributed by atoms with Crippen molar-refractivity contribution in [3.63, 3.8) is 0 Å². The van der Waals surface area contributed by atoms with Crippen LogP contribution in [0.5, 0.6) is 0 Å². The number of carboxylic acids is 1. The first kappa shape index (κ1) is 10.4. The van der Waals surface area contributed by atoms with Crippen molar-refractivity contribution in [2.75, 3.05) is 13.1 Å². The molecular weight excluding hydrogens is 173 g/mol. The molecule has 1 atom stereocenters. The second kappa shape index (κ2) is 2.94. The van der Waals surface area contributed by atoms with E-state index in [2.05, 4.69) is 0 Å². The number of alkyl halides is 1. The zero-order chi connectivity index (χ0) is 10.3. The van der Waals surface area contributed by atoms with Crippen molar-refractivity contribution in [1.82, 2.24) is 4.90 Å². The molecule has 13 heavy (non-hydrogen) atoms. The normalized spacial score (nSPS) is 30.8. The van der Waals surface area contributed by atoms with Crippen molar-refractivity contribution < 1.29 is 14.3 Å². The lowest BCUT2D eigenvalue weighted by molar-refractivity contribution is -0.150. The summed E-state index contributed by atoms with van der Waals surface area (Å²) < 4.78 is 13.6. The van der Waals surface area contributed by atoms with Gasteiger partial charge in [0.25, 0.3) is 0 Å². The first-order chi connectivity index (χ1) is 5.76. The predicted molar refractivity (Wildman–Crippen MR) is 47.4 cm³/mol. The standard InChI is InChI=1S/C9H16FNO2/c1-8(2,3)11-5-4-9(10,6-11)7(12)13/h4-6H2,1-3H3,(H,12,13). The summed E-state index contributed by atoms with van der Waals surface area (Å²) in [6.07, 6.45) is 0.0968. The second-order valence-corrected chi connectivity index (χ2v) is 4.61. The summed E-state index contributed by atoms with van der Waals surface area (Å²) in [6, 6.07) is 0. The average Bonchev–Trinajstić information content (AvgIpc) is 2.31. The summed E-state index contributed by atoms with van der Waals surface area (Å²) >= 11 is 0. The quantitative estimate of drug-likeness (QED) is 0.675. The molecule has 1 unspecified atom stereocenters. The smallest absolute Gasteiger partial charge is 0.342 e. The number of aliphatic carboxylic acids is 1. The topological polar surface area (TPSA) is 40.5 Å². The number of carboxylic acid groups (broad SMARTS) is 1. The maximum atomic E-state index is 13.6. The molecule has 1 heterocycles. The zero-order valence-electron chi connectivity index (χ0n) is 8.30. The van der Waals surface area contributed by atoms with Crippen molar-refractivity contribution >= 4 is 5.97 Å². The van der Waals surface area contributed by atoms with Crippen molar-refractivity contribution in [2.45, 2.75) is 38.4 Å². The minimum Gasteiger partial charge on any atom is -0.479 e. The Morgan fingerprint density at radius 3 is 2.31 bits per heavy atom. The third kappa shape index (κ3) is 1.99. The van der Waals surface area contributed by atoms with E-state index in [-0.39, 0.29) is 18.5 Å². The minimum absolute atomic E-state index is 0.00579. The van der Waals surface area contributed by atoms with Gasteiger partial charge in [0.05, 0.1) is 0 Å². The molecule has 0 bridgehead atoms. The molecule has 1 aliphatic heterocycles. The molecule has 1 saturated heterocycles. The predicted octanol–water partition coefficient (Wildman–Crippen LogP) is 1.28. The number of hydrogen-bond acceptors (Lipinski definition) is 2. The van der Waals surface area contributed by atoms with Crippen LogP contribution in [0.1, 0.15) is 27.2 Å². The molecular formula is C9H16FNO2. The lowest BCUT2D eigenvalue weighted by Gasteiger charge is -2.31. The van der Waals surface area contributed by atoms with Gasteiger partial charge in [0.1, 0.15) is 0 Å². The van der Waals surface area contributed by atoms with Gasteiger partial charge in [0.2, 0.25) is 5.67 Å². The molecule has 3 nitrogen and oxygen atoms in total. The van der Waals surface area contributed by atoms with Crippen LogP contribution >= 0.6 is 0 Å². The number of halogens is 1. The number of hydrogen-bond donors (Lipinski definition) is 1. The number of likely N-dealkylation sites (tertiary alicyclic amines) is 1. The van der Waals surface area contributed by atoms with Crippen LogP contribution in [-0.2, 0) is 4.79 Å². The Morgan fingerprint density at radius 2 is 2.08 bits per heavy atom. The molecule has 1 aliphatic rings. The lowest BCUT2D eigenvalue weighted by atomic mass is 10.1. The van der Waals surface area contributed by atoms with E-state index in [1.165, 1.54) is 0 Å². The Morgan fingerprint density at radius 1 is 1.54 bits per heavy atom. The summed E-state index contributed by atoms with van der Waals surface area (Å²) in [5.74, 6) is -1.33. The SMILES string of the molecule is CC(C)(C)N1CCC(F)(C(=O)O)C1. The third-order valence-corrected chi connectivity index (χ3v) is 2.55. The van der Waals surface area contributed by atoms with Crippen molar-refractivity contribution in [1.29, 1.82) is 0 Å². The molecule has 1 rings (SSSR count). The first-order valence-corrected chi connectivity index (χ1v) is 4.43. The molecule has 0 spiro atoms. The zero-order valence-corrected chi connectivity index (χ0v) is 8.30. The molecule has 76 valence electrons. The van der Waals surface area contributed by atoms with Crippen LogP contribution < -0.4 is 0 Å². The Kier molecular flexibility index (Phi) is 2.36. The summed E-state index contributed by atoms with van der Waals surface area (Å²) in [5.41, 5.74) is -2.18. The first-order valence-electron chi connectivity index (χ1n) is 4.43. The van der Waals surface area contributed by atoms with Crippen LogP contribution in [0.25, 0.3) is 0 Å². The highest BCUT2D eigenvalue weighted by atomic mass is 19.1. The average molecular weight is 189 g/mol. The summed E-state index contributed by atoms with van der Waals surface area (Å²) in [7, 11) is 0. The van der Waals surface area contributed by atoms with Crippen LogP contribution in [-0.4, -0.2) is 40.3 Å². The third-order valence-electron chi connectivity index (χ3n) is 2.55. The lowest BCUT2D eigenvalue weighted by Crippen LogP contribution is -2.44. The van der Waals surface area contributed by atoms with Gasteiger partial charge in [0, 0.05) is 25.0 Å². The molecule has 0 aliphatic carbocycles. The molecule has 0 saturated carbocycles. The number of carbonyl (C=O) groups is 1. The van der Waals surface area contributed by atoms with Crippen molar-refractivity contribution in [3.05, 3.63) is 0 Å². The van der Waals surface area contributed by atoms with Crippen molar-refractivity contribution in [3.8, 4) is 0 Å². The Hall–Kier alpha value is -0.640. The highest BCUT2D eigenvalue weighted by molar-refractivity contribution is 5.78. The monoisotopic (exact) mass is 189 g/mol. The summed E-state index contributed by atoms with van der Waals surface area (Å²) in [4.78, 5) is 12.5. The largest absolute Gasteiger partial charge is 0.479 e. The van der Waals surface area contributed by atoms with E-state index >= 15 is 0 Å². The van der Waals surface area contributed by atoms with Gasteiger partial charge < -0.3 is 5.11 Å². The van der Waals surface area contributed by atoms with Gasteiger partial charge in [-0.3, -0.25) is 4.90 Å². The van der Waals surface area contributed by atoms with Gasteiger partial charge in [-0.1, -0.05) is 0 Å². The summed E-state index contributed by atoms with van der Waals surface area (Å²) in [5, 5.41) is 8.65. The molecule has 0 radical (unpaired) electrons. The Labute approximate surface area is 77.5 Å². The Balaban J connectivity index is 2.69. The van der Waals surface area contributed by atoms with Crippen LogP contribution in [0.15, 0.2) is 0 Å². The molecule has 4 heteroatoms. The minimum atomic E-state index is -2.03. The van der Waals surface area contributed by atoms with Crippen LogP contribution in [0.3, 0.4) is 0 Å². The van der Waals surface area contributed by atoms with Crippen molar-refractivity contribution in [2.24, 2.45) is 0 Å². The second-order valence-electron chi connectivity index (χ2n) is 4.61. The van der Waals surface area contributed by atoms with E-state index < -0.39 is 11.6 Å². The van der Waals surface area contributed by atoms with Crippen LogP contribution in [0, 0.1) is 0 Å². The van der Waals surface area contributed by atoms with Gasteiger partial charge in [0.15, 0.2) is 0 Å². The highest BCUT2D eigenvalue weighted by Crippen LogP contribution is 2.30. The van der Waals surface area contributed by atoms with E-state index in [9.17, 15) is 9.18 Å². The van der Waals surface area contributed by atoms with E-state index in [0.29, 0.717) is 6.54 Å².